The highest BCUT2D eigenvalue weighted by Gasteiger charge is 2.36. The van der Waals surface area contributed by atoms with Crippen molar-refractivity contribution in [1.82, 2.24) is 9.88 Å². The lowest BCUT2D eigenvalue weighted by Crippen LogP contribution is -2.37. The molecule has 0 bridgehead atoms. The predicted molar refractivity (Wildman–Crippen MR) is 129 cm³/mol. The predicted octanol–water partition coefficient (Wildman–Crippen LogP) is 5.83. The van der Waals surface area contributed by atoms with E-state index in [0.717, 1.165) is 44.8 Å². The molecule has 1 fully saturated rings. The number of hydrogen-bond donors (Lipinski definition) is 2. The summed E-state index contributed by atoms with van der Waals surface area (Å²) in [6, 6.07) is 9.47. The van der Waals surface area contributed by atoms with Gasteiger partial charge in [-0.15, -0.1) is 11.3 Å². The van der Waals surface area contributed by atoms with E-state index in [0.29, 0.717) is 28.5 Å². The van der Waals surface area contributed by atoms with Crippen LogP contribution >= 0.6 is 27.3 Å². The van der Waals surface area contributed by atoms with E-state index < -0.39 is 6.23 Å². The Morgan fingerprint density at radius 3 is 2.85 bits per heavy atom. The second-order valence-corrected chi connectivity index (χ2v) is 10.0. The average molecular weight is 526 g/mol. The summed E-state index contributed by atoms with van der Waals surface area (Å²) in [7, 11) is 1.67. The average Bonchev–Trinajstić information content (AvgIpc) is 3.41. The molecular formula is C24H20BrN3O4S. The third-order valence-corrected chi connectivity index (χ3v) is 8.35. The van der Waals surface area contributed by atoms with Gasteiger partial charge in [-0.3, -0.25) is 0 Å². The number of oxazole rings is 1. The maximum atomic E-state index is 11.6. The van der Waals surface area contributed by atoms with Crippen LogP contribution in [0.25, 0.3) is 10.1 Å². The van der Waals surface area contributed by atoms with Crippen molar-refractivity contribution in [2.75, 3.05) is 7.11 Å². The Labute approximate surface area is 202 Å². The lowest BCUT2D eigenvalue weighted by atomic mass is 9.99. The summed E-state index contributed by atoms with van der Waals surface area (Å²) in [4.78, 5) is 10.9. The highest BCUT2D eigenvalue weighted by molar-refractivity contribution is 9.10. The van der Waals surface area contributed by atoms with Crippen LogP contribution < -0.4 is 4.74 Å². The first-order chi connectivity index (χ1) is 16.0. The van der Waals surface area contributed by atoms with Crippen LogP contribution in [0.4, 0.5) is 5.00 Å². The minimum Gasteiger partial charge on any atom is -0.507 e. The number of thiophene rings is 1. The first-order valence-electron chi connectivity index (χ1n) is 10.6. The summed E-state index contributed by atoms with van der Waals surface area (Å²) in [5, 5.41) is 23.4. The normalized spacial score (nSPS) is 17.8. The van der Waals surface area contributed by atoms with Crippen molar-refractivity contribution < 1.29 is 19.4 Å². The van der Waals surface area contributed by atoms with Crippen LogP contribution in [-0.2, 0) is 6.54 Å². The summed E-state index contributed by atoms with van der Waals surface area (Å²) >= 11 is 4.93. The van der Waals surface area contributed by atoms with Gasteiger partial charge in [0.1, 0.15) is 28.1 Å². The van der Waals surface area contributed by atoms with Gasteiger partial charge in [0, 0.05) is 16.5 Å². The molecule has 1 aliphatic carbocycles. The summed E-state index contributed by atoms with van der Waals surface area (Å²) < 4.78 is 12.4. The van der Waals surface area contributed by atoms with Crippen LogP contribution in [0.2, 0.25) is 0 Å². The number of phenols is 1. The number of halogens is 1. The van der Waals surface area contributed by atoms with E-state index in [4.69, 9.17) is 14.1 Å². The van der Waals surface area contributed by atoms with Gasteiger partial charge in [-0.05, 0) is 70.6 Å². The number of nitrogens with zero attached hydrogens (tertiary/aromatic N) is 3. The molecule has 168 valence electrons. The number of fused-ring (bicyclic) bond motifs is 3. The molecule has 2 aromatic heterocycles. The molecule has 2 aliphatic rings. The number of aromatic nitrogens is 1. The molecule has 1 unspecified atom stereocenters. The van der Waals surface area contributed by atoms with Gasteiger partial charge in [-0.2, -0.15) is 0 Å². The van der Waals surface area contributed by atoms with Gasteiger partial charge in [0.2, 0.25) is 0 Å². The van der Waals surface area contributed by atoms with Gasteiger partial charge in [-0.1, -0.05) is 0 Å². The molecule has 3 heterocycles. The van der Waals surface area contributed by atoms with Crippen LogP contribution in [-0.4, -0.2) is 33.0 Å². The molecule has 2 N–H and O–H groups in total. The lowest BCUT2D eigenvalue weighted by molar-refractivity contribution is 0.0438. The Morgan fingerprint density at radius 2 is 2.12 bits per heavy atom. The lowest BCUT2D eigenvalue weighted by Gasteiger charge is -2.34. The number of aliphatic hydroxyl groups is 1. The monoisotopic (exact) mass is 525 g/mol. The fourth-order valence-electron chi connectivity index (χ4n) is 4.36. The van der Waals surface area contributed by atoms with Crippen LogP contribution in [0.3, 0.4) is 0 Å². The molecular weight excluding hydrogens is 506 g/mol. The molecule has 0 amide bonds. The molecule has 0 radical (unpaired) electrons. The Hall–Kier alpha value is -2.88. The standard InChI is InChI=1S/C24H20BrN3O4S/c1-31-13-4-5-15(17(8-13)12-2-3-12)22-27-23-19(16-6-7-18(29)20(25)21(16)33-23)24(30)28(22)10-14-9-26-11-32-14/h4-9,11-12,24,29-30H,2-3,10H2,1H3. The topological polar surface area (TPSA) is 91.3 Å². The van der Waals surface area contributed by atoms with Crippen molar-refractivity contribution >= 4 is 48.2 Å². The van der Waals surface area contributed by atoms with E-state index in [1.165, 1.54) is 23.3 Å². The second-order valence-electron chi connectivity index (χ2n) is 8.23. The van der Waals surface area contributed by atoms with Gasteiger partial charge in [0.25, 0.3) is 0 Å². The number of hydrogen-bond acceptors (Lipinski definition) is 8. The van der Waals surface area contributed by atoms with E-state index >= 15 is 0 Å². The van der Waals surface area contributed by atoms with Crippen LogP contribution in [0.15, 0.2) is 56.8 Å². The fraction of sp³-hybridized carbons (Fsp3) is 0.250. The van der Waals surface area contributed by atoms with Crippen molar-refractivity contribution in [1.29, 1.82) is 0 Å². The minimum atomic E-state index is -0.947. The van der Waals surface area contributed by atoms with Crippen LogP contribution in [0.1, 0.15) is 47.4 Å². The minimum absolute atomic E-state index is 0.157. The Balaban J connectivity index is 1.57. The summed E-state index contributed by atoms with van der Waals surface area (Å²) in [6.07, 6.45) is 4.33. The van der Waals surface area contributed by atoms with Crippen molar-refractivity contribution in [3.63, 3.8) is 0 Å². The molecule has 33 heavy (non-hydrogen) atoms. The van der Waals surface area contributed by atoms with E-state index in [2.05, 4.69) is 27.0 Å². The third kappa shape index (κ3) is 3.42. The molecule has 2 aromatic carbocycles. The van der Waals surface area contributed by atoms with E-state index in [-0.39, 0.29) is 5.75 Å². The molecule has 7 nitrogen and oxygen atoms in total. The number of aromatic hydroxyl groups is 1. The molecule has 1 aliphatic heterocycles. The zero-order valence-corrected chi connectivity index (χ0v) is 20.1. The third-order valence-electron chi connectivity index (χ3n) is 6.16. The van der Waals surface area contributed by atoms with Crippen LogP contribution in [0, 0.1) is 0 Å². The molecule has 0 spiro atoms. The largest absolute Gasteiger partial charge is 0.507 e. The van der Waals surface area contributed by atoms with E-state index in [1.54, 1.807) is 19.4 Å². The Kier molecular flexibility index (Phi) is 4.93. The van der Waals surface area contributed by atoms with Crippen molar-refractivity contribution in [3.8, 4) is 11.5 Å². The number of aliphatic hydroxyl groups excluding tert-OH is 1. The Morgan fingerprint density at radius 1 is 1.27 bits per heavy atom. The molecule has 1 saturated carbocycles. The highest BCUT2D eigenvalue weighted by Crippen LogP contribution is 2.51. The first-order valence-corrected chi connectivity index (χ1v) is 12.2. The van der Waals surface area contributed by atoms with Crippen molar-refractivity contribution in [2.24, 2.45) is 4.99 Å². The molecule has 9 heteroatoms. The fourth-order valence-corrected chi connectivity index (χ4v) is 6.08. The number of ether oxygens (including phenoxy) is 1. The van der Waals surface area contributed by atoms with E-state index in [9.17, 15) is 10.2 Å². The quantitative estimate of drug-likeness (QED) is 0.340. The number of phenolic OH excluding ortho intramolecular Hbond substituents is 1. The molecule has 4 aromatic rings. The van der Waals surface area contributed by atoms with Gasteiger partial charge in [0.15, 0.2) is 12.6 Å². The summed E-state index contributed by atoms with van der Waals surface area (Å²) in [5.74, 6) is 2.73. The van der Waals surface area contributed by atoms with Gasteiger partial charge >= 0.3 is 0 Å². The molecule has 6 rings (SSSR count). The van der Waals surface area contributed by atoms with Gasteiger partial charge in [0.05, 0.1) is 29.0 Å². The van der Waals surface area contributed by atoms with Crippen molar-refractivity contribution in [2.45, 2.75) is 31.5 Å². The summed E-state index contributed by atoms with van der Waals surface area (Å²) in [5.41, 5.74) is 2.87. The molecule has 0 saturated heterocycles. The molecule has 1 atom stereocenters. The number of benzene rings is 2. The smallest absolute Gasteiger partial charge is 0.180 e. The number of rotatable bonds is 5. The summed E-state index contributed by atoms with van der Waals surface area (Å²) in [6.45, 7) is 0.312. The maximum Gasteiger partial charge on any atom is 0.180 e. The maximum absolute atomic E-state index is 11.6. The van der Waals surface area contributed by atoms with Gasteiger partial charge < -0.3 is 24.3 Å². The van der Waals surface area contributed by atoms with Crippen LogP contribution in [0.5, 0.6) is 11.5 Å². The Bertz CT molecular complexity index is 1390. The zero-order valence-electron chi connectivity index (χ0n) is 17.7. The number of aliphatic imine (C=N–C) groups is 1. The SMILES string of the molecule is COc1ccc(C2=Nc3sc4c(Br)c(O)ccc4c3C(O)N2Cc2cnco2)c(C2CC2)c1. The zero-order chi connectivity index (χ0) is 22.7. The van der Waals surface area contributed by atoms with Gasteiger partial charge in [-0.25, -0.2) is 9.98 Å². The highest BCUT2D eigenvalue weighted by atomic mass is 79.9. The second kappa shape index (κ2) is 7.86. The van der Waals surface area contributed by atoms with Crippen molar-refractivity contribution in [3.05, 3.63) is 69.8 Å². The number of amidine groups is 1. The first kappa shape index (κ1) is 20.7. The van der Waals surface area contributed by atoms with E-state index in [1.807, 2.05) is 23.1 Å². The number of methoxy groups -OCH3 is 1.